The molecule has 21 heteroatoms. The molecule has 0 saturated heterocycles. The lowest BCUT2D eigenvalue weighted by molar-refractivity contribution is -0.432. The molecule has 0 aliphatic carbocycles. The molecule has 13 nitrogen and oxygen atoms in total. The number of benzene rings is 8. The van der Waals surface area contributed by atoms with E-state index in [0.29, 0.717) is 43.6 Å². The van der Waals surface area contributed by atoms with Crippen LogP contribution in [0.25, 0.3) is 11.1 Å². The topological polar surface area (TPSA) is 195 Å². The van der Waals surface area contributed by atoms with Crippen LogP contribution in [0.4, 0.5) is 0 Å². The number of ether oxygens (including phenoxy) is 1. The van der Waals surface area contributed by atoms with Gasteiger partial charge in [0.05, 0.1) is 36.1 Å². The van der Waals surface area contributed by atoms with Crippen LogP contribution in [-0.4, -0.2) is 43.6 Å². The van der Waals surface area contributed by atoms with E-state index in [0.717, 1.165) is 87.0 Å². The van der Waals surface area contributed by atoms with Crippen LogP contribution in [0.5, 0.6) is 5.75 Å². The van der Waals surface area contributed by atoms with Gasteiger partial charge in [-0.05, 0) is 174 Å². The molecule has 0 amide bonds. The van der Waals surface area contributed by atoms with Gasteiger partial charge in [-0.3, -0.25) is 9.11 Å². The summed E-state index contributed by atoms with van der Waals surface area (Å²) in [6.45, 7) is 1.87. The lowest BCUT2D eigenvalue weighted by Crippen LogP contribution is -2.02. The van der Waals surface area contributed by atoms with Gasteiger partial charge in [0.2, 0.25) is 0 Å². The summed E-state index contributed by atoms with van der Waals surface area (Å²) in [4.78, 5) is 6.97. The summed E-state index contributed by atoms with van der Waals surface area (Å²) in [5.41, 5.74) is 5.72. The molecule has 0 aliphatic heterocycles. The number of rotatable bonds is 22. The maximum Gasteiger partial charge on any atom is 0.295 e. The average molecular weight is 1130 g/mol. The monoisotopic (exact) mass is 1130 g/mol. The highest BCUT2D eigenvalue weighted by Crippen LogP contribution is 2.41. The molecule has 0 saturated carbocycles. The Morgan fingerprint density at radius 3 is 1.21 bits per heavy atom. The zero-order chi connectivity index (χ0) is 51.5. The predicted octanol–water partition coefficient (Wildman–Crippen LogP) is 14.8. The van der Waals surface area contributed by atoms with Crippen molar-refractivity contribution in [3.05, 3.63) is 198 Å². The standard InChI is InChI=1S/C52H42O13S8/c1-33-3-4-34(29-49(33)70-64-62-53)27-36-6-25-47(51(31-36)72(55,56)57)68-44-16-10-39(11-17-44)38-8-14-43(15-9-38)67-46-24-5-35(30-50(46)71-65-63-54)28-37-7-26-48(52(32-37)73(58,59)60)69-45-22-20-42(21-23-45)66-41-18-12-40(61-2)13-19-41/h3-26,29-32,53-54H,27-28H2,1-2H3,(H,55,56,57)(H,58,59,60). The Morgan fingerprint density at radius 1 is 0.411 bits per heavy atom. The van der Waals surface area contributed by atoms with Gasteiger partial charge in [-0.1, -0.05) is 112 Å². The molecule has 0 fully saturated rings. The van der Waals surface area contributed by atoms with Crippen molar-refractivity contribution < 1.29 is 59.9 Å². The van der Waals surface area contributed by atoms with Gasteiger partial charge < -0.3 is 4.74 Å². The quantitative estimate of drug-likeness (QED) is 0.0216. The molecule has 376 valence electrons. The Balaban J connectivity index is 0.912. The third-order valence-corrected chi connectivity index (χ3v) is 18.6. The second-order valence-corrected chi connectivity index (χ2v) is 24.6. The van der Waals surface area contributed by atoms with Crippen molar-refractivity contribution in [3.8, 4) is 16.9 Å². The van der Waals surface area contributed by atoms with Gasteiger partial charge in [-0.15, -0.1) is 8.67 Å². The molecule has 0 unspecified atom stereocenters. The van der Waals surface area contributed by atoms with Gasteiger partial charge in [0.25, 0.3) is 20.2 Å². The fourth-order valence-corrected chi connectivity index (χ4v) is 13.9. The van der Waals surface area contributed by atoms with Gasteiger partial charge in [0.15, 0.2) is 0 Å². The Bertz CT molecular complexity index is 3420. The minimum Gasteiger partial charge on any atom is -0.497 e. The Kier molecular flexibility index (Phi) is 18.8. The first-order valence-electron chi connectivity index (χ1n) is 21.5. The van der Waals surface area contributed by atoms with E-state index < -0.39 is 20.2 Å². The first-order chi connectivity index (χ1) is 35.1. The van der Waals surface area contributed by atoms with Gasteiger partial charge in [0, 0.05) is 44.1 Å². The maximum atomic E-state index is 12.7. The van der Waals surface area contributed by atoms with Crippen LogP contribution in [0.15, 0.2) is 229 Å². The lowest BCUT2D eigenvalue weighted by Gasteiger charge is -2.13. The summed E-state index contributed by atoms with van der Waals surface area (Å²) in [7, 11) is -7.53. The normalized spacial score (nSPS) is 11.8. The van der Waals surface area contributed by atoms with Crippen molar-refractivity contribution in [1.82, 2.24) is 0 Å². The molecule has 0 bridgehead atoms. The van der Waals surface area contributed by atoms with Crippen molar-refractivity contribution in [2.45, 2.75) is 78.5 Å². The Labute approximate surface area is 448 Å². The fourth-order valence-electron chi connectivity index (χ4n) is 7.30. The summed E-state index contributed by atoms with van der Waals surface area (Å²) in [5.74, 6) is 0.774. The van der Waals surface area contributed by atoms with Crippen LogP contribution < -0.4 is 4.74 Å². The van der Waals surface area contributed by atoms with Crippen molar-refractivity contribution in [2.24, 2.45) is 0 Å². The van der Waals surface area contributed by atoms with Crippen LogP contribution in [0.2, 0.25) is 0 Å². The van der Waals surface area contributed by atoms with E-state index in [1.54, 1.807) is 31.0 Å². The SMILES string of the molecule is COc1ccc(Sc2ccc(Sc3ccc(Cc4ccc(Sc5ccc(-c6ccc(Sc7ccc(Cc8ccc(C)c(SOOO)c8)cc7S(=O)(=O)O)cc6)cc5)c(SOOO)c4)cc3S(=O)(=O)O)cc2)cc1. The molecule has 4 N–H and O–H groups in total. The van der Waals surface area contributed by atoms with Gasteiger partial charge in [0.1, 0.15) is 15.5 Å². The van der Waals surface area contributed by atoms with Crippen LogP contribution in [0.1, 0.15) is 27.8 Å². The zero-order valence-electron chi connectivity index (χ0n) is 38.3. The summed E-state index contributed by atoms with van der Waals surface area (Å²) >= 11 is 7.14. The molecule has 0 aliphatic rings. The van der Waals surface area contributed by atoms with Crippen LogP contribution >= 0.6 is 71.1 Å². The summed E-state index contributed by atoms with van der Waals surface area (Å²) in [6, 6.07) is 52.1. The van der Waals surface area contributed by atoms with Gasteiger partial charge in [-0.25, -0.2) is 10.5 Å². The lowest BCUT2D eigenvalue weighted by atomic mass is 10.0. The Morgan fingerprint density at radius 2 is 0.767 bits per heavy atom. The van der Waals surface area contributed by atoms with E-state index in [2.05, 4.69) is 14.4 Å². The predicted molar refractivity (Wildman–Crippen MR) is 285 cm³/mol. The second-order valence-electron chi connectivity index (χ2n) is 15.8. The highest BCUT2D eigenvalue weighted by atomic mass is 32.2. The minimum atomic E-state index is -4.58. The van der Waals surface area contributed by atoms with E-state index in [-0.39, 0.29) is 9.79 Å². The van der Waals surface area contributed by atoms with Crippen LogP contribution in [-0.2, 0) is 51.8 Å². The molecule has 0 heterocycles. The van der Waals surface area contributed by atoms with E-state index in [1.807, 2.05) is 153 Å². The van der Waals surface area contributed by atoms with E-state index >= 15 is 0 Å². The van der Waals surface area contributed by atoms with Gasteiger partial charge in [-0.2, -0.15) is 16.8 Å². The molecule has 8 aromatic rings. The number of hydrogen-bond donors (Lipinski definition) is 4. The molecule has 0 atom stereocenters. The summed E-state index contributed by atoms with van der Waals surface area (Å²) in [5, 5.41) is 25.2. The highest BCUT2D eigenvalue weighted by Gasteiger charge is 2.20. The average Bonchev–Trinajstić information content (AvgIpc) is 3.38. The molecule has 0 radical (unpaired) electrons. The molecular weight excluding hydrogens is 1090 g/mol. The molecule has 8 aromatic carbocycles. The van der Waals surface area contributed by atoms with Crippen molar-refractivity contribution >= 4 is 91.4 Å². The first-order valence-corrected chi connectivity index (χ1v) is 29.2. The largest absolute Gasteiger partial charge is 0.497 e. The maximum absolute atomic E-state index is 12.7. The molecule has 0 spiro atoms. The second kappa shape index (κ2) is 25.2. The van der Waals surface area contributed by atoms with Crippen molar-refractivity contribution in [3.63, 3.8) is 0 Å². The minimum absolute atomic E-state index is 0.200. The van der Waals surface area contributed by atoms with Crippen molar-refractivity contribution in [2.75, 3.05) is 7.11 Å². The molecule has 0 aromatic heterocycles. The molecular formula is C52H42O13S8. The van der Waals surface area contributed by atoms with Crippen molar-refractivity contribution in [1.29, 1.82) is 0 Å². The molecule has 73 heavy (non-hydrogen) atoms. The fraction of sp³-hybridized carbons (Fsp3) is 0.0769. The summed E-state index contributed by atoms with van der Waals surface area (Å²) in [6.07, 6.45) is 0.692. The third-order valence-electron chi connectivity index (χ3n) is 10.8. The smallest absolute Gasteiger partial charge is 0.295 e. The Hall–Kier alpha value is -4.76. The first kappa shape index (κ1) is 54.5. The molecule has 8 rings (SSSR count). The van der Waals surface area contributed by atoms with E-state index in [1.165, 1.54) is 47.4 Å². The third kappa shape index (κ3) is 15.2. The van der Waals surface area contributed by atoms with Crippen LogP contribution in [0, 0.1) is 6.92 Å². The van der Waals surface area contributed by atoms with E-state index in [4.69, 9.17) is 19.6 Å². The number of hydrogen-bond acceptors (Lipinski definition) is 17. The van der Waals surface area contributed by atoms with Gasteiger partial charge >= 0.3 is 0 Å². The van der Waals surface area contributed by atoms with Crippen LogP contribution in [0.3, 0.4) is 0 Å². The number of aryl methyl sites for hydroxylation is 1. The van der Waals surface area contributed by atoms with E-state index in [9.17, 15) is 25.9 Å². The zero-order valence-corrected chi connectivity index (χ0v) is 44.8. The summed E-state index contributed by atoms with van der Waals surface area (Å²) < 4.78 is 85.7. The highest BCUT2D eigenvalue weighted by molar-refractivity contribution is 8.01. The number of methoxy groups -OCH3 is 1.